The van der Waals surface area contributed by atoms with Gasteiger partial charge in [0.05, 0.1) is 11.0 Å². The minimum absolute atomic E-state index is 0.0778. The van der Waals surface area contributed by atoms with Gasteiger partial charge in [0.15, 0.2) is 0 Å². The number of H-pyrrole nitrogens is 2. The Balaban J connectivity index is 1.48. The molecule has 6 nitrogen and oxygen atoms in total. The van der Waals surface area contributed by atoms with Crippen LogP contribution >= 0.6 is 0 Å². The van der Waals surface area contributed by atoms with E-state index in [4.69, 9.17) is 9.72 Å². The molecule has 0 unspecified atom stereocenters. The molecule has 3 heterocycles. The largest absolute Gasteiger partial charge is 0.457 e. The first-order valence-electron chi connectivity index (χ1n) is 10.3. The lowest BCUT2D eigenvalue weighted by atomic mass is 10.1. The summed E-state index contributed by atoms with van der Waals surface area (Å²) in [6, 6.07) is 15.5. The van der Waals surface area contributed by atoms with E-state index in [1.165, 1.54) is 0 Å². The Bertz CT molecular complexity index is 1220. The van der Waals surface area contributed by atoms with Gasteiger partial charge in [-0.1, -0.05) is 18.2 Å². The molecule has 2 aromatic heterocycles. The first-order valence-corrected chi connectivity index (χ1v) is 10.3. The van der Waals surface area contributed by atoms with Crippen molar-refractivity contribution in [2.75, 3.05) is 13.1 Å². The van der Waals surface area contributed by atoms with Crippen LogP contribution in [0, 0.1) is 13.8 Å². The summed E-state index contributed by atoms with van der Waals surface area (Å²) in [4.78, 5) is 26.3. The van der Waals surface area contributed by atoms with Gasteiger partial charge >= 0.3 is 0 Å². The Morgan fingerprint density at radius 2 is 1.77 bits per heavy atom. The van der Waals surface area contributed by atoms with Crippen LogP contribution in [0.4, 0.5) is 0 Å². The summed E-state index contributed by atoms with van der Waals surface area (Å²) in [6.07, 6.45) is 2.16. The number of amides is 1. The molecule has 0 aliphatic carbocycles. The minimum atomic E-state index is 0.0778. The Hall–Kier alpha value is -3.54. The molecule has 152 valence electrons. The van der Waals surface area contributed by atoms with Crippen LogP contribution in [-0.4, -0.2) is 38.8 Å². The number of imidazole rings is 1. The summed E-state index contributed by atoms with van der Waals surface area (Å²) >= 11 is 0. The number of likely N-dealkylation sites (tertiary alicyclic amines) is 1. The van der Waals surface area contributed by atoms with Gasteiger partial charge in [0.2, 0.25) is 0 Å². The standard InChI is InChI=1S/C24H24N4O2/c1-15-21(16(2)25-22(15)24(29)28-12-6-7-13-28)23-26-19-11-10-18(14-20(19)27-23)30-17-8-4-3-5-9-17/h3-5,8-11,14,25H,6-7,12-13H2,1-2H3,(H,26,27). The molecule has 0 bridgehead atoms. The average molecular weight is 400 g/mol. The van der Waals surface area contributed by atoms with Gasteiger partial charge in [-0.15, -0.1) is 0 Å². The zero-order chi connectivity index (χ0) is 20.7. The first kappa shape index (κ1) is 18.5. The molecule has 0 atom stereocenters. The Morgan fingerprint density at radius 1 is 1.00 bits per heavy atom. The molecular formula is C24H24N4O2. The van der Waals surface area contributed by atoms with Crippen molar-refractivity contribution in [3.05, 3.63) is 65.5 Å². The van der Waals surface area contributed by atoms with Crippen molar-refractivity contribution in [2.24, 2.45) is 0 Å². The van der Waals surface area contributed by atoms with Gasteiger partial charge in [0.1, 0.15) is 23.0 Å². The molecular weight excluding hydrogens is 376 g/mol. The molecule has 1 saturated heterocycles. The maximum absolute atomic E-state index is 12.9. The fraction of sp³-hybridized carbons (Fsp3) is 0.250. The average Bonchev–Trinajstić information content (AvgIpc) is 3.47. The molecule has 6 heteroatoms. The highest BCUT2D eigenvalue weighted by Gasteiger charge is 2.26. The molecule has 1 aliphatic heterocycles. The van der Waals surface area contributed by atoms with Crippen molar-refractivity contribution in [1.82, 2.24) is 19.9 Å². The van der Waals surface area contributed by atoms with Crippen LogP contribution < -0.4 is 4.74 Å². The summed E-state index contributed by atoms with van der Waals surface area (Å²) in [6.45, 7) is 5.64. The molecule has 30 heavy (non-hydrogen) atoms. The van der Waals surface area contributed by atoms with Crippen LogP contribution in [0.5, 0.6) is 11.5 Å². The molecule has 5 rings (SSSR count). The normalized spacial score (nSPS) is 13.9. The number of carbonyl (C=O) groups excluding carboxylic acids is 1. The van der Waals surface area contributed by atoms with Crippen molar-refractivity contribution >= 4 is 16.9 Å². The van der Waals surface area contributed by atoms with Crippen molar-refractivity contribution in [1.29, 1.82) is 0 Å². The van der Waals surface area contributed by atoms with Crippen LogP contribution in [0.25, 0.3) is 22.4 Å². The molecule has 0 saturated carbocycles. The number of rotatable bonds is 4. The Labute approximate surface area is 174 Å². The van der Waals surface area contributed by atoms with Gasteiger partial charge in [0.25, 0.3) is 5.91 Å². The number of hydrogen-bond donors (Lipinski definition) is 2. The fourth-order valence-electron chi connectivity index (χ4n) is 4.19. The van der Waals surface area contributed by atoms with Crippen molar-refractivity contribution in [2.45, 2.75) is 26.7 Å². The molecule has 1 fully saturated rings. The zero-order valence-electron chi connectivity index (χ0n) is 17.2. The van der Waals surface area contributed by atoms with Gasteiger partial charge in [-0.25, -0.2) is 4.98 Å². The summed E-state index contributed by atoms with van der Waals surface area (Å²) < 4.78 is 5.93. The number of aromatic nitrogens is 3. The predicted molar refractivity (Wildman–Crippen MR) is 117 cm³/mol. The van der Waals surface area contributed by atoms with Gasteiger partial charge in [0, 0.05) is 30.4 Å². The van der Waals surface area contributed by atoms with Crippen LogP contribution in [-0.2, 0) is 0 Å². The van der Waals surface area contributed by atoms with E-state index in [9.17, 15) is 4.79 Å². The number of ether oxygens (including phenoxy) is 1. The van der Waals surface area contributed by atoms with Crippen molar-refractivity contribution in [3.63, 3.8) is 0 Å². The third-order valence-corrected chi connectivity index (χ3v) is 5.71. The molecule has 1 amide bonds. The van der Waals surface area contributed by atoms with Gasteiger partial charge < -0.3 is 19.6 Å². The number of para-hydroxylation sites is 1. The van der Waals surface area contributed by atoms with Gasteiger partial charge in [-0.3, -0.25) is 4.79 Å². The van der Waals surface area contributed by atoms with E-state index in [0.717, 1.165) is 71.1 Å². The molecule has 2 aromatic carbocycles. The van der Waals surface area contributed by atoms with Gasteiger partial charge in [-0.05, 0) is 56.5 Å². The van der Waals surface area contributed by atoms with E-state index in [2.05, 4.69) is 9.97 Å². The molecule has 0 spiro atoms. The fourth-order valence-corrected chi connectivity index (χ4v) is 4.19. The zero-order valence-corrected chi connectivity index (χ0v) is 17.2. The van der Waals surface area contributed by atoms with Crippen molar-refractivity contribution in [3.8, 4) is 22.9 Å². The molecule has 2 N–H and O–H groups in total. The lowest BCUT2D eigenvalue weighted by molar-refractivity contribution is 0.0787. The lowest BCUT2D eigenvalue weighted by Crippen LogP contribution is -2.28. The second-order valence-corrected chi connectivity index (χ2v) is 7.80. The highest BCUT2D eigenvalue weighted by atomic mass is 16.5. The third kappa shape index (κ3) is 3.24. The Kier molecular flexibility index (Phi) is 4.54. The predicted octanol–water partition coefficient (Wildman–Crippen LogP) is 5.20. The molecule has 0 radical (unpaired) electrons. The van der Waals surface area contributed by atoms with E-state index < -0.39 is 0 Å². The van der Waals surface area contributed by atoms with E-state index in [1.54, 1.807) is 0 Å². The van der Waals surface area contributed by atoms with Crippen LogP contribution in [0.15, 0.2) is 48.5 Å². The van der Waals surface area contributed by atoms with Crippen LogP contribution in [0.2, 0.25) is 0 Å². The molecule has 4 aromatic rings. The lowest BCUT2D eigenvalue weighted by Gasteiger charge is -2.14. The summed E-state index contributed by atoms with van der Waals surface area (Å²) in [5, 5.41) is 0. The second kappa shape index (κ2) is 7.37. The number of nitrogens with one attached hydrogen (secondary N) is 2. The highest BCUT2D eigenvalue weighted by Crippen LogP contribution is 2.32. The number of carbonyl (C=O) groups is 1. The second-order valence-electron chi connectivity index (χ2n) is 7.80. The Morgan fingerprint density at radius 3 is 2.53 bits per heavy atom. The van der Waals surface area contributed by atoms with Crippen LogP contribution in [0.1, 0.15) is 34.6 Å². The monoisotopic (exact) mass is 400 g/mol. The number of nitrogens with zero attached hydrogens (tertiary/aromatic N) is 2. The maximum Gasteiger partial charge on any atom is 0.270 e. The minimum Gasteiger partial charge on any atom is -0.457 e. The number of benzene rings is 2. The van der Waals surface area contributed by atoms with E-state index >= 15 is 0 Å². The number of aromatic amines is 2. The van der Waals surface area contributed by atoms with E-state index in [0.29, 0.717) is 5.69 Å². The third-order valence-electron chi connectivity index (χ3n) is 5.71. The summed E-state index contributed by atoms with van der Waals surface area (Å²) in [7, 11) is 0. The molecule has 1 aliphatic rings. The van der Waals surface area contributed by atoms with Crippen molar-refractivity contribution < 1.29 is 9.53 Å². The topological polar surface area (TPSA) is 74.0 Å². The smallest absolute Gasteiger partial charge is 0.270 e. The number of aryl methyl sites for hydroxylation is 1. The first-order chi connectivity index (χ1) is 14.6. The van der Waals surface area contributed by atoms with Gasteiger partial charge in [-0.2, -0.15) is 0 Å². The van der Waals surface area contributed by atoms with E-state index in [1.807, 2.05) is 67.3 Å². The van der Waals surface area contributed by atoms with Crippen LogP contribution in [0.3, 0.4) is 0 Å². The summed E-state index contributed by atoms with van der Waals surface area (Å²) in [5.74, 6) is 2.36. The highest BCUT2D eigenvalue weighted by molar-refractivity contribution is 5.97. The number of hydrogen-bond acceptors (Lipinski definition) is 3. The SMILES string of the molecule is Cc1[nH]c(C(=O)N2CCCC2)c(C)c1-c1nc2cc(Oc3ccccc3)ccc2[nH]1. The summed E-state index contributed by atoms with van der Waals surface area (Å²) in [5.41, 5.74) is 5.25. The maximum atomic E-state index is 12.9. The van der Waals surface area contributed by atoms with E-state index in [-0.39, 0.29) is 5.91 Å². The quantitative estimate of drug-likeness (QED) is 0.494. The number of fused-ring (bicyclic) bond motifs is 1.